The first kappa shape index (κ1) is 21.7. The van der Waals surface area contributed by atoms with Gasteiger partial charge in [0.05, 0.1) is 33.6 Å². The number of benzene rings is 2. The zero-order chi connectivity index (χ0) is 23.5. The Labute approximate surface area is 196 Å². The Morgan fingerprint density at radius 3 is 2.53 bits per heavy atom. The van der Waals surface area contributed by atoms with E-state index in [0.29, 0.717) is 49.0 Å². The number of morpholine rings is 1. The third-order valence-electron chi connectivity index (χ3n) is 5.78. The van der Waals surface area contributed by atoms with Crippen molar-refractivity contribution >= 4 is 23.1 Å². The standard InChI is InChI=1S/C25H25N5O4/c1-32-20-8-5-18(15-21(20)33-2)23-24(30-10-9-26-16-22(30)28-23)27-19-6-3-17(4-7-19)25(31)29-11-13-34-14-12-29/h3-10,15-16,27H,11-14H2,1-2H3. The average molecular weight is 460 g/mol. The lowest BCUT2D eigenvalue weighted by Crippen LogP contribution is -2.40. The lowest BCUT2D eigenvalue weighted by Gasteiger charge is -2.26. The maximum atomic E-state index is 12.8. The Balaban J connectivity index is 1.47. The van der Waals surface area contributed by atoms with Gasteiger partial charge in [-0.3, -0.25) is 14.2 Å². The number of hydrogen-bond donors (Lipinski definition) is 1. The van der Waals surface area contributed by atoms with Crippen molar-refractivity contribution in [2.75, 3.05) is 45.8 Å². The molecule has 1 fully saturated rings. The van der Waals surface area contributed by atoms with Crippen molar-refractivity contribution in [2.45, 2.75) is 0 Å². The van der Waals surface area contributed by atoms with Crippen molar-refractivity contribution in [1.29, 1.82) is 0 Å². The van der Waals surface area contributed by atoms with Gasteiger partial charge in [0.15, 0.2) is 17.1 Å². The van der Waals surface area contributed by atoms with Crippen molar-refractivity contribution in [1.82, 2.24) is 19.3 Å². The first-order valence-electron chi connectivity index (χ1n) is 11.0. The van der Waals surface area contributed by atoms with Gasteiger partial charge in [-0.1, -0.05) is 0 Å². The van der Waals surface area contributed by atoms with Crippen LogP contribution < -0.4 is 14.8 Å². The van der Waals surface area contributed by atoms with E-state index in [2.05, 4.69) is 10.3 Å². The number of methoxy groups -OCH3 is 2. The van der Waals surface area contributed by atoms with Crippen LogP contribution in [0, 0.1) is 0 Å². The number of anilines is 2. The van der Waals surface area contributed by atoms with Gasteiger partial charge in [-0.25, -0.2) is 4.98 Å². The number of nitrogens with one attached hydrogen (secondary N) is 1. The van der Waals surface area contributed by atoms with Crippen molar-refractivity contribution < 1.29 is 19.0 Å². The van der Waals surface area contributed by atoms with Crippen LogP contribution in [0.5, 0.6) is 11.5 Å². The molecule has 174 valence electrons. The Hall–Kier alpha value is -4.11. The predicted octanol–water partition coefficient (Wildman–Crippen LogP) is 3.63. The van der Waals surface area contributed by atoms with Crippen LogP contribution in [0.1, 0.15) is 10.4 Å². The van der Waals surface area contributed by atoms with Crippen LogP contribution in [0.25, 0.3) is 16.9 Å². The summed E-state index contributed by atoms with van der Waals surface area (Å²) in [4.78, 5) is 23.6. The highest BCUT2D eigenvalue weighted by Crippen LogP contribution is 2.36. The fraction of sp³-hybridized carbons (Fsp3) is 0.240. The lowest BCUT2D eigenvalue weighted by molar-refractivity contribution is 0.0303. The van der Waals surface area contributed by atoms with Crippen LogP contribution in [0.2, 0.25) is 0 Å². The van der Waals surface area contributed by atoms with Crippen molar-refractivity contribution in [3.8, 4) is 22.8 Å². The molecular formula is C25H25N5O4. The Morgan fingerprint density at radius 1 is 1.03 bits per heavy atom. The fourth-order valence-electron chi connectivity index (χ4n) is 3.99. The smallest absolute Gasteiger partial charge is 0.254 e. The molecule has 1 saturated heterocycles. The van der Waals surface area contributed by atoms with Crippen molar-refractivity contribution in [2.24, 2.45) is 0 Å². The van der Waals surface area contributed by atoms with Gasteiger partial charge in [0.2, 0.25) is 0 Å². The number of aromatic nitrogens is 3. The van der Waals surface area contributed by atoms with Gasteiger partial charge in [-0.15, -0.1) is 0 Å². The third kappa shape index (κ3) is 4.13. The van der Waals surface area contributed by atoms with Gasteiger partial charge in [-0.05, 0) is 42.5 Å². The molecule has 0 spiro atoms. The minimum atomic E-state index is 0.0155. The molecule has 1 N–H and O–H groups in total. The van der Waals surface area contributed by atoms with Crippen LogP contribution in [0.15, 0.2) is 61.1 Å². The summed E-state index contributed by atoms with van der Waals surface area (Å²) in [6, 6.07) is 13.1. The Kier molecular flexibility index (Phi) is 6.01. The molecule has 1 aliphatic heterocycles. The second kappa shape index (κ2) is 9.40. The lowest BCUT2D eigenvalue weighted by atomic mass is 10.1. The second-order valence-electron chi connectivity index (χ2n) is 7.79. The predicted molar refractivity (Wildman–Crippen MR) is 128 cm³/mol. The SMILES string of the molecule is COc1ccc(-c2nc3cnccn3c2Nc2ccc(C(=O)N3CCOCC3)cc2)cc1OC. The highest BCUT2D eigenvalue weighted by atomic mass is 16.5. The average Bonchev–Trinajstić information content (AvgIpc) is 3.27. The molecule has 0 aliphatic carbocycles. The summed E-state index contributed by atoms with van der Waals surface area (Å²) in [6.45, 7) is 2.38. The normalized spacial score (nSPS) is 13.6. The molecule has 3 heterocycles. The zero-order valence-corrected chi connectivity index (χ0v) is 19.0. The van der Waals surface area contributed by atoms with Crippen LogP contribution in [-0.2, 0) is 4.74 Å². The summed E-state index contributed by atoms with van der Waals surface area (Å²) in [5.41, 5.74) is 3.79. The molecule has 0 unspecified atom stereocenters. The largest absolute Gasteiger partial charge is 0.493 e. The number of carbonyl (C=O) groups excluding carboxylic acids is 1. The Bertz CT molecular complexity index is 1310. The molecule has 9 nitrogen and oxygen atoms in total. The molecule has 9 heteroatoms. The number of carbonyl (C=O) groups is 1. The molecule has 0 radical (unpaired) electrons. The summed E-state index contributed by atoms with van der Waals surface area (Å²) >= 11 is 0. The molecular weight excluding hydrogens is 434 g/mol. The minimum absolute atomic E-state index is 0.0155. The maximum absolute atomic E-state index is 12.8. The third-order valence-corrected chi connectivity index (χ3v) is 5.78. The summed E-state index contributed by atoms with van der Waals surface area (Å²) < 4.78 is 18.1. The van der Waals surface area contributed by atoms with Gasteiger partial charge in [0.1, 0.15) is 11.5 Å². The van der Waals surface area contributed by atoms with E-state index in [0.717, 1.165) is 22.8 Å². The van der Waals surface area contributed by atoms with E-state index >= 15 is 0 Å². The topological polar surface area (TPSA) is 90.2 Å². The quantitative estimate of drug-likeness (QED) is 0.471. The molecule has 34 heavy (non-hydrogen) atoms. The van der Waals surface area contributed by atoms with Gasteiger partial charge >= 0.3 is 0 Å². The van der Waals surface area contributed by atoms with E-state index in [1.807, 2.05) is 58.0 Å². The van der Waals surface area contributed by atoms with Crippen LogP contribution >= 0.6 is 0 Å². The van der Waals surface area contributed by atoms with Crippen molar-refractivity contribution in [3.63, 3.8) is 0 Å². The van der Waals surface area contributed by atoms with Crippen LogP contribution in [0.4, 0.5) is 11.5 Å². The number of ether oxygens (including phenoxy) is 3. The molecule has 1 amide bonds. The first-order valence-corrected chi connectivity index (χ1v) is 11.0. The van der Waals surface area contributed by atoms with E-state index < -0.39 is 0 Å². The zero-order valence-electron chi connectivity index (χ0n) is 19.0. The second-order valence-corrected chi connectivity index (χ2v) is 7.79. The Morgan fingerprint density at radius 2 is 1.79 bits per heavy atom. The molecule has 4 aromatic rings. The fourth-order valence-corrected chi connectivity index (χ4v) is 3.99. The van der Waals surface area contributed by atoms with Gasteiger partial charge < -0.3 is 24.4 Å². The highest BCUT2D eigenvalue weighted by molar-refractivity contribution is 5.94. The maximum Gasteiger partial charge on any atom is 0.254 e. The number of imidazole rings is 1. The summed E-state index contributed by atoms with van der Waals surface area (Å²) in [5, 5.41) is 3.46. The van der Waals surface area contributed by atoms with Gasteiger partial charge in [0, 0.05) is 42.3 Å². The molecule has 1 aliphatic rings. The van der Waals surface area contributed by atoms with Crippen molar-refractivity contribution in [3.05, 3.63) is 66.6 Å². The number of fused-ring (bicyclic) bond motifs is 1. The monoisotopic (exact) mass is 459 g/mol. The van der Waals surface area contributed by atoms with E-state index in [1.165, 1.54) is 0 Å². The molecule has 5 rings (SSSR count). The minimum Gasteiger partial charge on any atom is -0.493 e. The van der Waals surface area contributed by atoms with Crippen LogP contribution in [-0.4, -0.2) is 65.7 Å². The molecule has 2 aromatic heterocycles. The molecule has 2 aromatic carbocycles. The number of amides is 1. The summed E-state index contributed by atoms with van der Waals surface area (Å²) in [7, 11) is 3.21. The van der Waals surface area contributed by atoms with Gasteiger partial charge in [-0.2, -0.15) is 0 Å². The molecule has 0 bridgehead atoms. The van der Waals surface area contributed by atoms with Gasteiger partial charge in [0.25, 0.3) is 5.91 Å². The summed E-state index contributed by atoms with van der Waals surface area (Å²) in [5.74, 6) is 2.05. The number of rotatable bonds is 6. The van der Waals surface area contributed by atoms with E-state index in [-0.39, 0.29) is 5.91 Å². The number of nitrogens with zero attached hydrogens (tertiary/aromatic N) is 4. The molecule has 0 atom stereocenters. The summed E-state index contributed by atoms with van der Waals surface area (Å²) in [6.07, 6.45) is 5.27. The van der Waals surface area contributed by atoms with E-state index in [1.54, 1.807) is 26.6 Å². The first-order chi connectivity index (χ1) is 16.7. The molecule has 0 saturated carbocycles. The highest BCUT2D eigenvalue weighted by Gasteiger charge is 2.19. The van der Waals surface area contributed by atoms with Crippen LogP contribution in [0.3, 0.4) is 0 Å². The van der Waals surface area contributed by atoms with E-state index in [9.17, 15) is 4.79 Å². The van der Waals surface area contributed by atoms with E-state index in [4.69, 9.17) is 19.2 Å². The number of hydrogen-bond acceptors (Lipinski definition) is 7.